The lowest BCUT2D eigenvalue weighted by molar-refractivity contribution is -0.150. The molecular weight excluding hydrogens is 324 g/mol. The molecule has 0 radical (unpaired) electrons. The van der Waals surface area contributed by atoms with Gasteiger partial charge in [-0.2, -0.15) is 0 Å². The number of carboxylic acid groups (broad SMARTS) is 1. The minimum absolute atomic E-state index is 0.123. The lowest BCUT2D eigenvalue weighted by Crippen LogP contribution is -2.30. The first kappa shape index (κ1) is 18.9. The van der Waals surface area contributed by atoms with Gasteiger partial charge in [0.25, 0.3) is 5.91 Å². The molecule has 7 heteroatoms. The maximum atomic E-state index is 12.2. The lowest BCUT2D eigenvalue weighted by Gasteiger charge is -2.19. The molecule has 1 heterocycles. The second-order valence-corrected chi connectivity index (χ2v) is 7.25. The maximum absolute atomic E-state index is 12.2. The highest BCUT2D eigenvalue weighted by molar-refractivity contribution is 5.98. The van der Waals surface area contributed by atoms with Crippen LogP contribution in [0.15, 0.2) is 18.2 Å². The molecule has 2 atom stereocenters. The van der Waals surface area contributed by atoms with Crippen LogP contribution >= 0.6 is 0 Å². The predicted octanol–water partition coefficient (Wildman–Crippen LogP) is 2.55. The number of ether oxygens (including phenoxy) is 1. The molecule has 1 fully saturated rings. The Morgan fingerprint density at radius 2 is 1.76 bits per heavy atom. The Morgan fingerprint density at radius 3 is 2.32 bits per heavy atom. The Kier molecular flexibility index (Phi) is 5.47. The Morgan fingerprint density at radius 1 is 1.12 bits per heavy atom. The predicted molar refractivity (Wildman–Crippen MR) is 93.4 cm³/mol. The van der Waals surface area contributed by atoms with Crippen LogP contribution in [0.25, 0.3) is 0 Å². The number of amides is 2. The summed E-state index contributed by atoms with van der Waals surface area (Å²) in [6, 6.07) is 5.20. The van der Waals surface area contributed by atoms with E-state index in [1.165, 1.54) is 0 Å². The van der Waals surface area contributed by atoms with Crippen molar-refractivity contribution in [3.05, 3.63) is 23.8 Å². The van der Waals surface area contributed by atoms with E-state index in [1.807, 2.05) is 27.7 Å². The first-order valence-corrected chi connectivity index (χ1v) is 8.19. The van der Waals surface area contributed by atoms with Gasteiger partial charge in [0.05, 0.1) is 0 Å². The van der Waals surface area contributed by atoms with Crippen molar-refractivity contribution in [2.75, 3.05) is 10.6 Å². The molecule has 0 unspecified atom stereocenters. The quantitative estimate of drug-likeness (QED) is 0.775. The van der Waals surface area contributed by atoms with Gasteiger partial charge in [0.1, 0.15) is 6.10 Å². The first-order valence-electron chi connectivity index (χ1n) is 8.19. The second-order valence-electron chi connectivity index (χ2n) is 7.25. The minimum atomic E-state index is -1.06. The number of carbonyl (C=O) groups excluding carboxylic acids is 2. The minimum Gasteiger partial charge on any atom is -0.479 e. The summed E-state index contributed by atoms with van der Waals surface area (Å²) in [7, 11) is 0. The third-order valence-corrected chi connectivity index (χ3v) is 4.02. The molecule has 25 heavy (non-hydrogen) atoms. The van der Waals surface area contributed by atoms with Gasteiger partial charge < -0.3 is 20.5 Å². The van der Waals surface area contributed by atoms with Gasteiger partial charge in [-0.05, 0) is 37.5 Å². The molecule has 0 spiro atoms. The molecule has 3 N–H and O–H groups in total. The molecule has 1 saturated heterocycles. The van der Waals surface area contributed by atoms with Crippen LogP contribution in [0.4, 0.5) is 11.4 Å². The SMILES string of the molecule is Cc1ccc(NC(=O)[C@@H]2CC[C@H](C(=O)O)O2)cc1NC(=O)C(C)(C)C. The zero-order chi connectivity index (χ0) is 18.8. The number of benzene rings is 1. The summed E-state index contributed by atoms with van der Waals surface area (Å²) in [5.41, 5.74) is 1.48. The Balaban J connectivity index is 2.06. The summed E-state index contributed by atoms with van der Waals surface area (Å²) in [4.78, 5) is 35.3. The standard InChI is InChI=1S/C18H24N2O5/c1-10-5-6-11(9-12(10)20-17(24)18(2,3)4)19-15(21)13-7-8-14(25-13)16(22)23/h5-6,9,13-14H,7-8H2,1-4H3,(H,19,21)(H,20,24)(H,22,23)/t13-,14+/m0/s1. The van der Waals surface area contributed by atoms with E-state index in [-0.39, 0.29) is 11.8 Å². The molecule has 1 aliphatic rings. The summed E-state index contributed by atoms with van der Waals surface area (Å²) in [6.07, 6.45) is -1.04. The van der Waals surface area contributed by atoms with Crippen LogP contribution in [0, 0.1) is 12.3 Å². The molecule has 0 aromatic heterocycles. The van der Waals surface area contributed by atoms with Gasteiger partial charge in [-0.15, -0.1) is 0 Å². The fourth-order valence-electron chi connectivity index (χ4n) is 2.38. The zero-order valence-electron chi connectivity index (χ0n) is 14.9. The number of nitrogens with one attached hydrogen (secondary N) is 2. The first-order chi connectivity index (χ1) is 11.6. The third kappa shape index (κ3) is 4.79. The van der Waals surface area contributed by atoms with Crippen LogP contribution < -0.4 is 10.6 Å². The highest BCUT2D eigenvalue weighted by Gasteiger charge is 2.34. The largest absolute Gasteiger partial charge is 0.479 e. The van der Waals surface area contributed by atoms with Gasteiger partial charge in [-0.25, -0.2) is 4.79 Å². The van der Waals surface area contributed by atoms with Gasteiger partial charge in [0, 0.05) is 16.8 Å². The Labute approximate surface area is 146 Å². The number of aryl methyl sites for hydroxylation is 1. The number of rotatable bonds is 4. The number of carbonyl (C=O) groups is 3. The fraction of sp³-hybridized carbons (Fsp3) is 0.500. The number of carboxylic acids is 1. The van der Waals surface area contributed by atoms with Crippen LogP contribution in [0.5, 0.6) is 0 Å². The summed E-state index contributed by atoms with van der Waals surface area (Å²) < 4.78 is 5.24. The van der Waals surface area contributed by atoms with Crippen LogP contribution in [0.3, 0.4) is 0 Å². The van der Waals surface area contributed by atoms with E-state index in [0.717, 1.165) is 5.56 Å². The van der Waals surface area contributed by atoms with Crippen molar-refractivity contribution in [1.29, 1.82) is 0 Å². The van der Waals surface area contributed by atoms with E-state index in [0.29, 0.717) is 24.2 Å². The number of aliphatic carboxylic acids is 1. The Hall–Kier alpha value is -2.41. The van der Waals surface area contributed by atoms with Crippen LogP contribution in [0.2, 0.25) is 0 Å². The van der Waals surface area contributed by atoms with Crippen molar-refractivity contribution in [2.45, 2.75) is 52.7 Å². The smallest absolute Gasteiger partial charge is 0.332 e. The third-order valence-electron chi connectivity index (χ3n) is 4.02. The zero-order valence-corrected chi connectivity index (χ0v) is 14.9. The molecule has 0 bridgehead atoms. The second kappa shape index (κ2) is 7.23. The number of anilines is 2. The molecule has 7 nitrogen and oxygen atoms in total. The summed E-state index contributed by atoms with van der Waals surface area (Å²) in [5, 5.41) is 14.5. The molecule has 2 amide bonds. The van der Waals surface area contributed by atoms with Crippen molar-refractivity contribution >= 4 is 29.2 Å². The van der Waals surface area contributed by atoms with E-state index in [4.69, 9.17) is 9.84 Å². The highest BCUT2D eigenvalue weighted by atomic mass is 16.5. The van der Waals surface area contributed by atoms with Crippen LogP contribution in [-0.2, 0) is 19.1 Å². The van der Waals surface area contributed by atoms with E-state index in [9.17, 15) is 14.4 Å². The van der Waals surface area contributed by atoms with Crippen molar-refractivity contribution < 1.29 is 24.2 Å². The molecule has 136 valence electrons. The van der Waals surface area contributed by atoms with Crippen LogP contribution in [-0.4, -0.2) is 35.1 Å². The summed E-state index contributed by atoms with van der Waals surface area (Å²) >= 11 is 0. The van der Waals surface area contributed by atoms with Crippen LogP contribution in [0.1, 0.15) is 39.2 Å². The molecule has 0 aliphatic carbocycles. The summed E-state index contributed by atoms with van der Waals surface area (Å²) in [6.45, 7) is 7.32. The monoisotopic (exact) mass is 348 g/mol. The molecule has 1 aromatic carbocycles. The average Bonchev–Trinajstić information content (AvgIpc) is 3.00. The molecule has 1 aliphatic heterocycles. The average molecular weight is 348 g/mol. The van der Waals surface area contributed by atoms with Gasteiger partial charge >= 0.3 is 5.97 Å². The number of hydrogen-bond donors (Lipinski definition) is 3. The van der Waals surface area contributed by atoms with E-state index < -0.39 is 23.6 Å². The fourth-order valence-corrected chi connectivity index (χ4v) is 2.38. The van der Waals surface area contributed by atoms with Gasteiger partial charge in [-0.1, -0.05) is 26.8 Å². The van der Waals surface area contributed by atoms with E-state index >= 15 is 0 Å². The van der Waals surface area contributed by atoms with Gasteiger partial charge in [0.2, 0.25) is 5.91 Å². The van der Waals surface area contributed by atoms with Crippen molar-refractivity contribution in [3.63, 3.8) is 0 Å². The molecule has 2 rings (SSSR count). The molecule has 0 saturated carbocycles. The molecule has 1 aromatic rings. The molecular formula is C18H24N2O5. The highest BCUT2D eigenvalue weighted by Crippen LogP contribution is 2.25. The maximum Gasteiger partial charge on any atom is 0.332 e. The lowest BCUT2D eigenvalue weighted by atomic mass is 9.95. The van der Waals surface area contributed by atoms with Crippen molar-refractivity contribution in [1.82, 2.24) is 0 Å². The van der Waals surface area contributed by atoms with Crippen molar-refractivity contribution in [2.24, 2.45) is 5.41 Å². The van der Waals surface area contributed by atoms with Gasteiger partial charge in [-0.3, -0.25) is 9.59 Å². The number of hydrogen-bond acceptors (Lipinski definition) is 4. The van der Waals surface area contributed by atoms with E-state index in [1.54, 1.807) is 18.2 Å². The normalized spacial score (nSPS) is 20.2. The van der Waals surface area contributed by atoms with Crippen molar-refractivity contribution in [3.8, 4) is 0 Å². The summed E-state index contributed by atoms with van der Waals surface area (Å²) in [5.74, 6) is -1.57. The topological polar surface area (TPSA) is 105 Å². The van der Waals surface area contributed by atoms with E-state index in [2.05, 4.69) is 10.6 Å². The van der Waals surface area contributed by atoms with Gasteiger partial charge in [0.15, 0.2) is 6.10 Å². The Bertz CT molecular complexity index is 693.